The minimum atomic E-state index is 0. The third kappa shape index (κ3) is 17.7. The van der Waals surface area contributed by atoms with Gasteiger partial charge in [0.15, 0.2) is 0 Å². The Labute approximate surface area is 870 Å². The topological polar surface area (TPSA) is 92.1 Å². The van der Waals surface area contributed by atoms with Gasteiger partial charge in [-0.3, -0.25) is 15.0 Å². The van der Waals surface area contributed by atoms with Gasteiger partial charge in [0.2, 0.25) is 0 Å². The molecule has 1 unspecified atom stereocenters. The van der Waals surface area contributed by atoms with Crippen LogP contribution in [0.1, 0.15) is 23.5 Å². The summed E-state index contributed by atoms with van der Waals surface area (Å²) in [5, 5.41) is 9.90. The molecule has 674 valence electrons. The van der Waals surface area contributed by atoms with E-state index in [1.54, 1.807) is 34.0 Å². The molecular weight excluding hydrogens is 2320 g/mol. The molecule has 1 aliphatic rings. The number of hydrogen-bond acceptors (Lipinski definition) is 9. The molecule has 26 aromatic rings. The van der Waals surface area contributed by atoms with E-state index in [9.17, 15) is 0 Å². The van der Waals surface area contributed by atoms with Gasteiger partial charge in [-0.05, 0) is 196 Å². The maximum absolute atomic E-state index is 5.05. The van der Waals surface area contributed by atoms with E-state index >= 15 is 0 Å². The van der Waals surface area contributed by atoms with E-state index in [4.69, 9.17) is 15.0 Å². The molecule has 0 saturated heterocycles. The summed E-state index contributed by atoms with van der Waals surface area (Å²) in [5.74, 6) is 0.238. The molecule has 1 atom stereocenters. The van der Waals surface area contributed by atoms with E-state index in [0.717, 1.165) is 165 Å². The van der Waals surface area contributed by atoms with Gasteiger partial charge in [-0.25, -0.2) is 0 Å². The van der Waals surface area contributed by atoms with Crippen molar-refractivity contribution < 1.29 is 63.2 Å². The smallest absolute Gasteiger partial charge is 0.346 e. The summed E-state index contributed by atoms with van der Waals surface area (Å²) >= 11 is 5.11. The Morgan fingerprint density at radius 2 is 0.667 bits per heavy atom. The Morgan fingerprint density at radius 1 is 0.270 bits per heavy atom. The first-order chi connectivity index (χ1) is 68.4. The van der Waals surface area contributed by atoms with Gasteiger partial charge in [-0.2, -0.15) is 34.0 Å². The van der Waals surface area contributed by atoms with Crippen molar-refractivity contribution >= 4 is 136 Å². The summed E-state index contributed by atoms with van der Waals surface area (Å²) in [6.45, 7) is 0. The standard InChI is InChI=1S/C42H25N3S.C42H27N3S.C42H25N3S.3Pt/c1-2-11-28(12-3-1)29-20-22-30(23-21-29)35-26-32(42-44-37-17-5-7-19-40(37)46-42)27-39-41(35)34-15-4-6-18-38(34)45(39)33-14-10-13-31(25-33)36-16-8-9-24-43-36;1-2-10-28(11-3-1)29-19-21-30(22-20-29)34-14-9-15-36-35-24-23-32(42-44-38-17-4-5-18-40(38)46-42)27-39(35)45(41(34)36)33-13-8-12-31(26-33)37-16-6-7-25-43-37;1-2-9-28(10-3-1)29-16-18-30(19-17-29)31-20-22-35-36-23-21-33(42-44-38-14-4-5-15-41(38)46-42)27-40(36)45(39(35)26-31)34-12-8-11-32(25-34)37-13-6-7-24-43-37;;;/h1-24,26H;1-21,23-25,30H,22H2;1-24,26H;;;/q3*-2;3*+2. The summed E-state index contributed by atoms with van der Waals surface area (Å²) < 4.78 is 10.4. The molecular formula is C126H77N9Pt3S3. The Morgan fingerprint density at radius 3 is 1.16 bits per heavy atom. The van der Waals surface area contributed by atoms with Gasteiger partial charge < -0.3 is 28.7 Å². The summed E-state index contributed by atoms with van der Waals surface area (Å²) in [6.07, 6.45) is 13.4. The van der Waals surface area contributed by atoms with Crippen LogP contribution in [0.5, 0.6) is 0 Å². The van der Waals surface area contributed by atoms with Crippen LogP contribution in [0.15, 0.2) is 449 Å². The van der Waals surface area contributed by atoms with Crippen molar-refractivity contribution in [1.29, 1.82) is 0 Å². The maximum atomic E-state index is 5.05. The minimum absolute atomic E-state index is 0. The first-order valence-corrected chi connectivity index (χ1v) is 48.5. The molecule has 15 heteroatoms. The van der Waals surface area contributed by atoms with Crippen LogP contribution in [0.3, 0.4) is 0 Å². The van der Waals surface area contributed by atoms with Crippen LogP contribution in [-0.2, 0) is 63.2 Å². The Kier molecular flexibility index (Phi) is 25.8. The number of rotatable bonds is 15. The fourth-order valence-electron chi connectivity index (χ4n) is 19.2. The second-order valence-electron chi connectivity index (χ2n) is 34.2. The first kappa shape index (κ1) is 90.9. The van der Waals surface area contributed by atoms with Crippen molar-refractivity contribution in [2.45, 2.75) is 12.3 Å². The zero-order valence-electron chi connectivity index (χ0n) is 75.2. The van der Waals surface area contributed by atoms with Crippen LogP contribution < -0.4 is 0 Å². The van der Waals surface area contributed by atoms with Crippen molar-refractivity contribution in [2.24, 2.45) is 0 Å². The second kappa shape index (κ2) is 40.0. The molecule has 9 nitrogen and oxygen atoms in total. The van der Waals surface area contributed by atoms with Crippen molar-refractivity contribution in [3.8, 4) is 127 Å². The third-order valence-electron chi connectivity index (χ3n) is 25.8. The molecule has 0 bridgehead atoms. The fourth-order valence-corrected chi connectivity index (χ4v) is 22.0. The monoisotopic (exact) mass is 2400 g/mol. The van der Waals surface area contributed by atoms with Crippen LogP contribution in [0.25, 0.3) is 229 Å². The third-order valence-corrected chi connectivity index (χ3v) is 29.0. The van der Waals surface area contributed by atoms with Gasteiger partial charge in [0.05, 0.1) is 16.6 Å². The molecule has 9 aromatic heterocycles. The van der Waals surface area contributed by atoms with E-state index in [1.165, 1.54) is 81.0 Å². The Bertz CT molecular complexity index is 9000. The zero-order chi connectivity index (χ0) is 91.4. The first-order valence-electron chi connectivity index (χ1n) is 46.0. The van der Waals surface area contributed by atoms with E-state index in [2.05, 4.69) is 423 Å². The maximum Gasteiger partial charge on any atom is 2.00 e. The molecule has 0 N–H and O–H groups in total. The van der Waals surface area contributed by atoms with Gasteiger partial charge in [-0.15, -0.1) is 155 Å². The largest absolute Gasteiger partial charge is 2.00 e. The average Bonchev–Trinajstić information content (AvgIpc) is 1.58. The number of hydrogen-bond donors (Lipinski definition) is 0. The number of fused-ring (bicyclic) bond motifs is 12. The van der Waals surface area contributed by atoms with Crippen molar-refractivity contribution in [3.63, 3.8) is 0 Å². The van der Waals surface area contributed by atoms with Crippen molar-refractivity contribution in [1.82, 2.24) is 43.6 Å². The minimum Gasteiger partial charge on any atom is -0.346 e. The van der Waals surface area contributed by atoms with E-state index < -0.39 is 0 Å². The molecule has 0 fully saturated rings. The fraction of sp³-hybridized carbons (Fsp3) is 0.0159. The number of allylic oxidation sites excluding steroid dienone is 4. The van der Waals surface area contributed by atoms with Gasteiger partial charge in [0.1, 0.15) is 0 Å². The van der Waals surface area contributed by atoms with Crippen molar-refractivity contribution in [3.05, 3.63) is 497 Å². The zero-order valence-corrected chi connectivity index (χ0v) is 84.5. The number of thiazole rings is 3. The normalized spacial score (nSPS) is 12.3. The molecule has 0 aliphatic heterocycles. The molecule has 0 amide bonds. The number of benzene rings is 17. The molecule has 1 aliphatic carbocycles. The molecule has 0 spiro atoms. The molecule has 0 radical (unpaired) electrons. The number of aromatic nitrogens is 9. The van der Waals surface area contributed by atoms with E-state index in [-0.39, 0.29) is 69.1 Å². The van der Waals surface area contributed by atoms with Gasteiger partial charge in [0.25, 0.3) is 0 Å². The second-order valence-corrected chi connectivity index (χ2v) is 37.2. The van der Waals surface area contributed by atoms with Crippen LogP contribution in [0.2, 0.25) is 0 Å². The van der Waals surface area contributed by atoms with Crippen LogP contribution >= 0.6 is 34.0 Å². The summed E-state index contributed by atoms with van der Waals surface area (Å²) in [6, 6.07) is 167. The van der Waals surface area contributed by atoms with Crippen LogP contribution in [0, 0.1) is 36.4 Å². The van der Waals surface area contributed by atoms with Gasteiger partial charge >= 0.3 is 63.2 Å². The van der Waals surface area contributed by atoms with E-state index in [0.29, 0.717) is 0 Å². The van der Waals surface area contributed by atoms with Crippen molar-refractivity contribution in [2.75, 3.05) is 0 Å². The SMILES string of the molecule is [Pt+2].[Pt+2].[Pt+2].[c-]1c(-c2ccccn2)cccc1-n1c2[c-]c(-c3nc4ccccc4s3)cc(-c3ccc(-c4ccccc4)cc3)c2c2ccccc21.[c-]1c(-c2ccccn2)cccc1-n1c2[c-]c(-c3nc4ccccc4s3)ccc2c2ccc(-c3ccc(-c4ccccc4)cc3)cc21.[c-]1c(-c2ccccn2)cccc1-n1c2[c-]c(-c3nc4ccccc4s3)ccc2c2cccc(C3C=CC(c4ccccc4)=CC3)c21. The predicted molar refractivity (Wildman–Crippen MR) is 574 cm³/mol. The number of pyridine rings is 3. The van der Waals surface area contributed by atoms with Gasteiger partial charge in [-0.1, -0.05) is 301 Å². The quantitative estimate of drug-likeness (QED) is 0.0950. The van der Waals surface area contributed by atoms with Crippen LogP contribution in [0.4, 0.5) is 0 Å². The molecule has 9 heterocycles. The summed E-state index contributed by atoms with van der Waals surface area (Å²) in [4.78, 5) is 28.8. The predicted octanol–water partition coefficient (Wildman–Crippen LogP) is 33.0. The molecule has 27 rings (SSSR count). The van der Waals surface area contributed by atoms with Crippen LogP contribution in [-0.4, -0.2) is 43.6 Å². The average molecular weight is 2400 g/mol. The van der Waals surface area contributed by atoms with E-state index in [1.807, 2.05) is 91.4 Å². The number of nitrogens with zero attached hydrogens (tertiary/aromatic N) is 9. The molecule has 0 saturated carbocycles. The summed E-state index contributed by atoms with van der Waals surface area (Å²) in [5.41, 5.74) is 34.0. The molecule has 141 heavy (non-hydrogen) atoms. The molecule has 17 aromatic carbocycles. The summed E-state index contributed by atoms with van der Waals surface area (Å²) in [7, 11) is 0. The Hall–Kier alpha value is -15.2. The van der Waals surface area contributed by atoms with Gasteiger partial charge in [0, 0.05) is 70.2 Å². The number of para-hydroxylation sites is 5. The Balaban J connectivity index is 0.000000120.